The number of aryl methyl sites for hydroxylation is 1. The van der Waals surface area contributed by atoms with E-state index < -0.39 is 0 Å². The van der Waals surface area contributed by atoms with Gasteiger partial charge in [-0.15, -0.1) is 30.4 Å². The van der Waals surface area contributed by atoms with Crippen LogP contribution in [0.5, 0.6) is 0 Å². The van der Waals surface area contributed by atoms with E-state index in [1.807, 2.05) is 36.7 Å². The third kappa shape index (κ3) is 5.25. The Morgan fingerprint density at radius 2 is 2.17 bits per heavy atom. The molecule has 2 aromatic rings. The smallest absolute Gasteiger partial charge is 0.192 e. The minimum atomic E-state index is 0. The zero-order valence-corrected chi connectivity index (χ0v) is 15.6. The summed E-state index contributed by atoms with van der Waals surface area (Å²) in [5, 5.41) is 6.23. The fourth-order valence-electron chi connectivity index (χ4n) is 2.01. The lowest BCUT2D eigenvalue weighted by molar-refractivity contribution is 0.852. The van der Waals surface area contributed by atoms with Gasteiger partial charge in [-0.3, -0.25) is 4.57 Å². The number of hydrogen-bond acceptors (Lipinski definition) is 3. The zero-order valence-electron chi connectivity index (χ0n) is 13.3. The highest BCUT2D eigenvalue weighted by molar-refractivity contribution is 14.0. The highest BCUT2D eigenvalue weighted by Gasteiger charge is 2.07. The lowest BCUT2D eigenvalue weighted by Gasteiger charge is -2.11. The first-order valence-electron chi connectivity index (χ1n) is 7.16. The van der Waals surface area contributed by atoms with Crippen molar-refractivity contribution in [2.24, 2.45) is 4.99 Å². The molecule has 23 heavy (non-hydrogen) atoms. The van der Waals surface area contributed by atoms with Crippen molar-refractivity contribution >= 4 is 29.9 Å². The summed E-state index contributed by atoms with van der Waals surface area (Å²) >= 11 is 0. The predicted molar refractivity (Wildman–Crippen MR) is 103 cm³/mol. The number of rotatable bonds is 5. The number of guanidine groups is 1. The lowest BCUT2D eigenvalue weighted by Crippen LogP contribution is -2.37. The van der Waals surface area contributed by atoms with Crippen molar-refractivity contribution in [1.29, 1.82) is 0 Å². The Labute approximate surface area is 153 Å². The molecular weight excluding hydrogens is 403 g/mol. The van der Waals surface area contributed by atoms with Crippen LogP contribution in [0.1, 0.15) is 18.3 Å². The molecule has 0 saturated carbocycles. The molecule has 0 aliphatic heterocycles. The number of hydrogen-bond donors (Lipinski definition) is 2. The molecule has 2 aromatic heterocycles. The third-order valence-electron chi connectivity index (χ3n) is 3.03. The van der Waals surface area contributed by atoms with Crippen molar-refractivity contribution in [3.05, 3.63) is 42.1 Å². The van der Waals surface area contributed by atoms with Gasteiger partial charge >= 0.3 is 0 Å². The number of pyridine rings is 1. The molecule has 0 fully saturated rings. The molecule has 0 aliphatic carbocycles. The van der Waals surface area contributed by atoms with Gasteiger partial charge in [-0.05, 0) is 19.9 Å². The topological polar surface area (TPSA) is 67.1 Å². The summed E-state index contributed by atoms with van der Waals surface area (Å²) in [4.78, 5) is 13.2. The maximum atomic E-state index is 5.27. The molecule has 2 rings (SSSR count). The van der Waals surface area contributed by atoms with Gasteiger partial charge in [-0.2, -0.15) is 0 Å². The number of nitrogens with one attached hydrogen (secondary N) is 2. The van der Waals surface area contributed by atoms with Gasteiger partial charge in [-0.25, -0.2) is 15.0 Å². The maximum Gasteiger partial charge on any atom is 0.192 e. The molecule has 7 heteroatoms. The van der Waals surface area contributed by atoms with E-state index in [9.17, 15) is 0 Å². The van der Waals surface area contributed by atoms with Gasteiger partial charge in [-0.1, -0.05) is 12.0 Å². The Kier molecular flexibility index (Phi) is 8.11. The molecule has 0 radical (unpaired) electrons. The maximum absolute atomic E-state index is 5.27. The van der Waals surface area contributed by atoms with Crippen molar-refractivity contribution in [3.8, 4) is 18.2 Å². The molecule has 0 saturated heterocycles. The van der Waals surface area contributed by atoms with Crippen LogP contribution >= 0.6 is 24.0 Å². The van der Waals surface area contributed by atoms with Crippen molar-refractivity contribution in [2.45, 2.75) is 20.4 Å². The molecule has 0 bridgehead atoms. The van der Waals surface area contributed by atoms with Crippen LogP contribution in [0.25, 0.3) is 5.82 Å². The van der Waals surface area contributed by atoms with Crippen LogP contribution in [0, 0.1) is 19.3 Å². The monoisotopic (exact) mass is 424 g/mol. The second-order valence-corrected chi connectivity index (χ2v) is 4.58. The molecule has 0 aromatic carbocycles. The number of nitrogens with zero attached hydrogens (tertiary/aromatic N) is 4. The summed E-state index contributed by atoms with van der Waals surface area (Å²) in [7, 11) is 0. The van der Waals surface area contributed by atoms with E-state index >= 15 is 0 Å². The summed E-state index contributed by atoms with van der Waals surface area (Å²) in [6.07, 6.45) is 10.7. The number of aliphatic imine (C=N–C) groups is 1. The number of aromatic nitrogens is 3. The zero-order chi connectivity index (χ0) is 15.8. The number of halogens is 1. The lowest BCUT2D eigenvalue weighted by atomic mass is 10.2. The van der Waals surface area contributed by atoms with E-state index in [4.69, 9.17) is 6.42 Å². The molecule has 6 nitrogen and oxygen atoms in total. The number of imidazole rings is 1. The van der Waals surface area contributed by atoms with Crippen LogP contribution in [0.15, 0.2) is 35.7 Å². The third-order valence-corrected chi connectivity index (χ3v) is 3.03. The molecule has 0 spiro atoms. The Morgan fingerprint density at radius 1 is 1.35 bits per heavy atom. The second kappa shape index (κ2) is 9.84. The Balaban J connectivity index is 0.00000264. The molecule has 0 aliphatic rings. The average molecular weight is 424 g/mol. The summed E-state index contributed by atoms with van der Waals surface area (Å²) in [5.41, 5.74) is 1.02. The quantitative estimate of drug-likeness (QED) is 0.333. The molecule has 2 N–H and O–H groups in total. The van der Waals surface area contributed by atoms with E-state index in [0.29, 0.717) is 19.0 Å². The van der Waals surface area contributed by atoms with E-state index in [0.717, 1.165) is 23.8 Å². The largest absolute Gasteiger partial charge is 0.357 e. The van der Waals surface area contributed by atoms with Gasteiger partial charge in [0.25, 0.3) is 0 Å². The van der Waals surface area contributed by atoms with Gasteiger partial charge in [0.15, 0.2) is 5.96 Å². The minimum absolute atomic E-state index is 0. The average Bonchev–Trinajstić information content (AvgIpc) is 2.96. The highest BCUT2D eigenvalue weighted by Crippen LogP contribution is 2.14. The molecule has 122 valence electrons. The summed E-state index contributed by atoms with van der Waals surface area (Å²) in [5.74, 6) is 4.96. The van der Waals surface area contributed by atoms with E-state index in [1.54, 1.807) is 12.4 Å². The molecular formula is C16H21IN6. The van der Waals surface area contributed by atoms with Gasteiger partial charge < -0.3 is 10.6 Å². The van der Waals surface area contributed by atoms with Crippen LogP contribution in [0.3, 0.4) is 0 Å². The van der Waals surface area contributed by atoms with Crippen LogP contribution in [0.2, 0.25) is 0 Å². The summed E-state index contributed by atoms with van der Waals surface area (Å²) in [6.45, 7) is 5.67. The summed E-state index contributed by atoms with van der Waals surface area (Å²) < 4.78 is 1.95. The molecule has 0 atom stereocenters. The van der Waals surface area contributed by atoms with E-state index in [-0.39, 0.29) is 24.0 Å². The normalized spacial score (nSPS) is 10.6. The van der Waals surface area contributed by atoms with Gasteiger partial charge in [0, 0.05) is 30.7 Å². The first-order chi connectivity index (χ1) is 10.8. The molecule has 0 unspecified atom stereocenters. The minimum Gasteiger partial charge on any atom is -0.357 e. The van der Waals surface area contributed by atoms with Gasteiger partial charge in [0.1, 0.15) is 11.6 Å². The van der Waals surface area contributed by atoms with E-state index in [1.165, 1.54) is 0 Å². The van der Waals surface area contributed by atoms with Crippen molar-refractivity contribution < 1.29 is 0 Å². The SMILES string of the molecule is C#CCNC(=NCc1cccnc1-n1ccnc1C)NCC.I. The second-order valence-electron chi connectivity index (χ2n) is 4.58. The fraction of sp³-hybridized carbons (Fsp3) is 0.312. The van der Waals surface area contributed by atoms with Gasteiger partial charge in [0.2, 0.25) is 0 Å². The summed E-state index contributed by atoms with van der Waals surface area (Å²) in [6, 6.07) is 3.92. The van der Waals surface area contributed by atoms with Gasteiger partial charge in [0.05, 0.1) is 13.1 Å². The van der Waals surface area contributed by atoms with Crippen LogP contribution in [-0.4, -0.2) is 33.6 Å². The predicted octanol–water partition coefficient (Wildman–Crippen LogP) is 1.88. The van der Waals surface area contributed by atoms with Crippen LogP contribution < -0.4 is 10.6 Å². The van der Waals surface area contributed by atoms with Crippen molar-refractivity contribution in [1.82, 2.24) is 25.2 Å². The van der Waals surface area contributed by atoms with Crippen LogP contribution in [-0.2, 0) is 6.54 Å². The Bertz CT molecular complexity index is 686. The Morgan fingerprint density at radius 3 is 2.83 bits per heavy atom. The number of terminal acetylenes is 1. The first kappa shape index (κ1) is 19.0. The van der Waals surface area contributed by atoms with Crippen LogP contribution in [0.4, 0.5) is 0 Å². The van der Waals surface area contributed by atoms with Crippen molar-refractivity contribution in [3.63, 3.8) is 0 Å². The Hall–Kier alpha value is -2.08. The van der Waals surface area contributed by atoms with Crippen molar-refractivity contribution in [2.75, 3.05) is 13.1 Å². The van der Waals surface area contributed by atoms with E-state index in [2.05, 4.69) is 31.5 Å². The molecule has 0 amide bonds. The first-order valence-corrected chi connectivity index (χ1v) is 7.16. The fourth-order valence-corrected chi connectivity index (χ4v) is 2.01. The highest BCUT2D eigenvalue weighted by atomic mass is 127. The standard InChI is InChI=1S/C16H20N6.HI/c1-4-8-20-16(17-5-2)21-12-14-7-6-9-19-15(14)22-11-10-18-13(22)3;/h1,6-7,9-11H,5,8,12H2,2-3H3,(H2,17,20,21);1H. The molecule has 2 heterocycles.